The molecule has 3 aromatic carbocycles. The number of carbonyl (C=O) groups excluding carboxylic acids is 1. The summed E-state index contributed by atoms with van der Waals surface area (Å²) >= 11 is 0. The fourth-order valence-corrected chi connectivity index (χ4v) is 3.35. The minimum atomic E-state index is -0.346. The van der Waals surface area contributed by atoms with E-state index in [1.165, 1.54) is 5.56 Å². The molecule has 3 aromatic rings. The second-order valence-corrected chi connectivity index (χ2v) is 7.25. The van der Waals surface area contributed by atoms with Crippen LogP contribution in [0.25, 0.3) is 6.08 Å². The van der Waals surface area contributed by atoms with Gasteiger partial charge in [-0.1, -0.05) is 72.8 Å². The molecule has 0 aliphatic carbocycles. The molecule has 1 amide bonds. The van der Waals surface area contributed by atoms with Gasteiger partial charge in [0, 0.05) is 25.3 Å². The highest BCUT2D eigenvalue weighted by Gasteiger charge is 2.09. The summed E-state index contributed by atoms with van der Waals surface area (Å²) in [7, 11) is 0. The standard InChI is InChI=1S/C27H27N3O/c1-2-30(21-24-11-7-4-8-12-24)26-15-13-23(14-16-26)19-25(20-28)27(31)29-18-17-22-9-5-3-6-10-22/h3-16,19H,2,17-18,21H2,1H3,(H,29,31). The zero-order valence-electron chi connectivity index (χ0n) is 17.8. The van der Waals surface area contributed by atoms with Gasteiger partial charge in [0.15, 0.2) is 0 Å². The van der Waals surface area contributed by atoms with E-state index in [0.717, 1.165) is 36.3 Å². The monoisotopic (exact) mass is 409 g/mol. The Labute approximate surface area is 184 Å². The van der Waals surface area contributed by atoms with Crippen LogP contribution < -0.4 is 10.2 Å². The molecule has 0 bridgehead atoms. The van der Waals surface area contributed by atoms with Crippen molar-refractivity contribution >= 4 is 17.7 Å². The number of nitrogens with zero attached hydrogens (tertiary/aromatic N) is 2. The number of anilines is 1. The molecule has 0 aromatic heterocycles. The molecular formula is C27H27N3O. The van der Waals surface area contributed by atoms with Gasteiger partial charge in [-0.05, 0) is 48.2 Å². The first-order valence-electron chi connectivity index (χ1n) is 10.5. The number of nitriles is 1. The van der Waals surface area contributed by atoms with E-state index in [0.29, 0.717) is 6.54 Å². The molecule has 0 atom stereocenters. The predicted molar refractivity (Wildman–Crippen MR) is 126 cm³/mol. The van der Waals surface area contributed by atoms with Gasteiger partial charge in [-0.25, -0.2) is 0 Å². The molecule has 0 unspecified atom stereocenters. The number of amides is 1. The van der Waals surface area contributed by atoms with E-state index in [9.17, 15) is 10.1 Å². The van der Waals surface area contributed by atoms with Crippen LogP contribution in [0.4, 0.5) is 5.69 Å². The lowest BCUT2D eigenvalue weighted by Gasteiger charge is -2.23. The van der Waals surface area contributed by atoms with E-state index in [-0.39, 0.29) is 11.5 Å². The van der Waals surface area contributed by atoms with Crippen molar-refractivity contribution in [2.75, 3.05) is 18.0 Å². The first kappa shape index (κ1) is 21.9. The summed E-state index contributed by atoms with van der Waals surface area (Å²) in [6.07, 6.45) is 2.36. The molecule has 0 aliphatic rings. The van der Waals surface area contributed by atoms with Crippen molar-refractivity contribution < 1.29 is 4.79 Å². The van der Waals surface area contributed by atoms with Gasteiger partial charge in [-0.2, -0.15) is 5.26 Å². The van der Waals surface area contributed by atoms with Crippen LogP contribution in [0, 0.1) is 11.3 Å². The zero-order valence-corrected chi connectivity index (χ0v) is 17.8. The Morgan fingerprint density at radius 2 is 1.55 bits per heavy atom. The van der Waals surface area contributed by atoms with Crippen molar-refractivity contribution in [3.63, 3.8) is 0 Å². The van der Waals surface area contributed by atoms with Crippen molar-refractivity contribution in [3.8, 4) is 6.07 Å². The lowest BCUT2D eigenvalue weighted by atomic mass is 10.1. The second kappa shape index (κ2) is 11.4. The highest BCUT2D eigenvalue weighted by molar-refractivity contribution is 6.01. The Morgan fingerprint density at radius 1 is 0.935 bits per heavy atom. The molecule has 0 spiro atoms. The summed E-state index contributed by atoms with van der Waals surface area (Å²) in [5, 5.41) is 12.3. The van der Waals surface area contributed by atoms with Crippen LogP contribution >= 0.6 is 0 Å². The van der Waals surface area contributed by atoms with Gasteiger partial charge in [-0.3, -0.25) is 4.79 Å². The third-order valence-corrected chi connectivity index (χ3v) is 5.07. The molecule has 3 rings (SSSR count). The summed E-state index contributed by atoms with van der Waals surface area (Å²) in [6, 6.07) is 30.3. The van der Waals surface area contributed by atoms with Crippen molar-refractivity contribution in [2.24, 2.45) is 0 Å². The number of hydrogen-bond acceptors (Lipinski definition) is 3. The van der Waals surface area contributed by atoms with Crippen molar-refractivity contribution in [3.05, 3.63) is 107 Å². The summed E-state index contributed by atoms with van der Waals surface area (Å²) in [4.78, 5) is 14.7. The molecule has 4 heteroatoms. The topological polar surface area (TPSA) is 56.1 Å². The van der Waals surface area contributed by atoms with Crippen LogP contribution in [0.2, 0.25) is 0 Å². The molecular weight excluding hydrogens is 382 g/mol. The summed E-state index contributed by atoms with van der Waals surface area (Å²) < 4.78 is 0. The average Bonchev–Trinajstić information content (AvgIpc) is 2.82. The van der Waals surface area contributed by atoms with Gasteiger partial charge in [0.05, 0.1) is 0 Å². The maximum absolute atomic E-state index is 12.4. The normalized spacial score (nSPS) is 10.9. The molecule has 31 heavy (non-hydrogen) atoms. The smallest absolute Gasteiger partial charge is 0.261 e. The molecule has 0 fully saturated rings. The van der Waals surface area contributed by atoms with Gasteiger partial charge in [0.1, 0.15) is 11.6 Å². The van der Waals surface area contributed by atoms with Crippen LogP contribution in [0.5, 0.6) is 0 Å². The maximum Gasteiger partial charge on any atom is 0.261 e. The van der Waals surface area contributed by atoms with Gasteiger partial charge >= 0.3 is 0 Å². The Morgan fingerprint density at radius 3 is 2.13 bits per heavy atom. The fourth-order valence-electron chi connectivity index (χ4n) is 3.35. The van der Waals surface area contributed by atoms with Crippen LogP contribution in [0.3, 0.4) is 0 Å². The van der Waals surface area contributed by atoms with Gasteiger partial charge in [-0.15, -0.1) is 0 Å². The lowest BCUT2D eigenvalue weighted by Crippen LogP contribution is -2.26. The number of hydrogen-bond donors (Lipinski definition) is 1. The number of carbonyl (C=O) groups is 1. The predicted octanol–water partition coefficient (Wildman–Crippen LogP) is 4.98. The van der Waals surface area contributed by atoms with E-state index < -0.39 is 0 Å². The largest absolute Gasteiger partial charge is 0.367 e. The Balaban J connectivity index is 1.61. The van der Waals surface area contributed by atoms with Crippen LogP contribution in [0.15, 0.2) is 90.5 Å². The van der Waals surface area contributed by atoms with Gasteiger partial charge in [0.25, 0.3) is 5.91 Å². The van der Waals surface area contributed by atoms with E-state index in [2.05, 4.69) is 29.3 Å². The van der Waals surface area contributed by atoms with Crippen molar-refractivity contribution in [1.29, 1.82) is 5.26 Å². The third-order valence-electron chi connectivity index (χ3n) is 5.07. The maximum atomic E-state index is 12.4. The second-order valence-electron chi connectivity index (χ2n) is 7.25. The molecule has 1 N–H and O–H groups in total. The number of nitrogens with one attached hydrogen (secondary N) is 1. The Kier molecular flexibility index (Phi) is 8.02. The Bertz CT molecular complexity index is 1040. The summed E-state index contributed by atoms with van der Waals surface area (Å²) in [5.74, 6) is -0.346. The SMILES string of the molecule is CCN(Cc1ccccc1)c1ccc(C=C(C#N)C(=O)NCCc2ccccc2)cc1. The van der Waals surface area contributed by atoms with E-state index in [1.807, 2.05) is 78.9 Å². The zero-order chi connectivity index (χ0) is 21.9. The van der Waals surface area contributed by atoms with Crippen LogP contribution in [-0.4, -0.2) is 19.0 Å². The Hall–Kier alpha value is -3.84. The molecule has 0 heterocycles. The van der Waals surface area contributed by atoms with Crippen LogP contribution in [0.1, 0.15) is 23.6 Å². The lowest BCUT2D eigenvalue weighted by molar-refractivity contribution is -0.117. The highest BCUT2D eigenvalue weighted by Crippen LogP contribution is 2.19. The van der Waals surface area contributed by atoms with Crippen molar-refractivity contribution in [2.45, 2.75) is 19.9 Å². The van der Waals surface area contributed by atoms with E-state index in [4.69, 9.17) is 0 Å². The molecule has 0 saturated heterocycles. The van der Waals surface area contributed by atoms with Gasteiger partial charge < -0.3 is 10.2 Å². The average molecular weight is 410 g/mol. The quantitative estimate of drug-likeness (QED) is 0.401. The molecule has 156 valence electrons. The van der Waals surface area contributed by atoms with E-state index >= 15 is 0 Å². The minimum Gasteiger partial charge on any atom is -0.367 e. The van der Waals surface area contributed by atoms with Gasteiger partial charge in [0.2, 0.25) is 0 Å². The number of benzene rings is 3. The third kappa shape index (κ3) is 6.58. The first-order valence-corrected chi connectivity index (χ1v) is 10.5. The first-order chi connectivity index (χ1) is 15.2. The molecule has 4 nitrogen and oxygen atoms in total. The molecule has 0 radical (unpaired) electrons. The summed E-state index contributed by atoms with van der Waals surface area (Å²) in [6.45, 7) is 4.34. The fraction of sp³-hybridized carbons (Fsp3) is 0.185. The van der Waals surface area contributed by atoms with Crippen molar-refractivity contribution in [1.82, 2.24) is 5.32 Å². The summed E-state index contributed by atoms with van der Waals surface area (Å²) in [5.41, 5.74) is 4.45. The molecule has 0 aliphatic heterocycles. The number of rotatable bonds is 9. The molecule has 0 saturated carbocycles. The van der Waals surface area contributed by atoms with Crippen LogP contribution in [-0.2, 0) is 17.8 Å². The minimum absolute atomic E-state index is 0.109. The highest BCUT2D eigenvalue weighted by atomic mass is 16.1. The van der Waals surface area contributed by atoms with E-state index in [1.54, 1.807) is 6.08 Å².